The number of carbonyl (C=O) groups is 1. The molecule has 0 radical (unpaired) electrons. The molecule has 1 heterocycles. The summed E-state index contributed by atoms with van der Waals surface area (Å²) in [4.78, 5) is 18.1. The van der Waals surface area contributed by atoms with E-state index < -0.39 is 11.7 Å². The summed E-state index contributed by atoms with van der Waals surface area (Å²) in [5.74, 6) is 0.540. The summed E-state index contributed by atoms with van der Waals surface area (Å²) in [7, 11) is 1.69. The minimum atomic E-state index is -4.31. The normalized spacial score (nSPS) is 15.8. The Morgan fingerprint density at radius 3 is 2.36 bits per heavy atom. The van der Waals surface area contributed by atoms with E-state index in [1.165, 1.54) is 12.1 Å². The van der Waals surface area contributed by atoms with Crippen molar-refractivity contribution in [3.05, 3.63) is 35.4 Å². The van der Waals surface area contributed by atoms with E-state index in [1.807, 2.05) is 0 Å². The number of esters is 1. The molecule has 1 fully saturated rings. The molecule has 9 heteroatoms. The summed E-state index contributed by atoms with van der Waals surface area (Å²) >= 11 is 0. The van der Waals surface area contributed by atoms with Gasteiger partial charge in [0.25, 0.3) is 0 Å². The van der Waals surface area contributed by atoms with Crippen LogP contribution in [0.3, 0.4) is 0 Å². The fourth-order valence-corrected chi connectivity index (χ4v) is 3.10. The van der Waals surface area contributed by atoms with Crippen molar-refractivity contribution < 1.29 is 22.7 Å². The highest BCUT2D eigenvalue weighted by atomic mass is 127. The second kappa shape index (κ2) is 11.5. The van der Waals surface area contributed by atoms with Gasteiger partial charge in [0.2, 0.25) is 0 Å². The Hall–Kier alpha value is -1.52. The van der Waals surface area contributed by atoms with Crippen molar-refractivity contribution in [1.29, 1.82) is 0 Å². The van der Waals surface area contributed by atoms with Crippen LogP contribution in [0.4, 0.5) is 13.2 Å². The van der Waals surface area contributed by atoms with Gasteiger partial charge in [-0.1, -0.05) is 12.1 Å². The number of benzene rings is 1. The third-order valence-corrected chi connectivity index (χ3v) is 4.60. The zero-order valence-corrected chi connectivity index (χ0v) is 18.4. The van der Waals surface area contributed by atoms with E-state index in [-0.39, 0.29) is 35.9 Å². The van der Waals surface area contributed by atoms with Gasteiger partial charge in [0.1, 0.15) is 0 Å². The monoisotopic (exact) mass is 513 g/mol. The number of rotatable bonds is 5. The number of carbonyl (C=O) groups excluding carboxylic acids is 1. The largest absolute Gasteiger partial charge is 0.466 e. The fourth-order valence-electron chi connectivity index (χ4n) is 3.10. The number of nitrogens with one attached hydrogen (secondary N) is 1. The average molecular weight is 513 g/mol. The first-order valence-electron chi connectivity index (χ1n) is 9.13. The smallest absolute Gasteiger partial charge is 0.416 e. The van der Waals surface area contributed by atoms with Crippen molar-refractivity contribution in [1.82, 2.24) is 10.2 Å². The highest BCUT2D eigenvalue weighted by molar-refractivity contribution is 14.0. The van der Waals surface area contributed by atoms with Crippen LogP contribution in [0.15, 0.2) is 29.3 Å². The predicted octanol–water partition coefficient (Wildman–Crippen LogP) is 3.72. The Bertz CT molecular complexity index is 643. The maximum atomic E-state index is 12.6. The summed E-state index contributed by atoms with van der Waals surface area (Å²) in [5.41, 5.74) is 0.187. The number of piperidine rings is 1. The summed E-state index contributed by atoms with van der Waals surface area (Å²) in [6, 6.07) is 5.20. The summed E-state index contributed by atoms with van der Waals surface area (Å²) in [6.45, 7) is 4.18. The number of hydrogen-bond acceptors (Lipinski definition) is 3. The van der Waals surface area contributed by atoms with Crippen LogP contribution in [-0.2, 0) is 22.1 Å². The predicted molar refractivity (Wildman–Crippen MR) is 113 cm³/mol. The molecule has 1 aliphatic heterocycles. The molecule has 0 bridgehead atoms. The number of aliphatic imine (C=N–C) groups is 1. The first-order chi connectivity index (χ1) is 12.8. The van der Waals surface area contributed by atoms with Crippen LogP contribution in [0.2, 0.25) is 0 Å². The molecule has 0 saturated carbocycles. The molecule has 1 aromatic carbocycles. The van der Waals surface area contributed by atoms with Crippen LogP contribution < -0.4 is 5.32 Å². The van der Waals surface area contributed by atoms with Crippen LogP contribution in [0, 0.1) is 5.92 Å². The average Bonchev–Trinajstić information content (AvgIpc) is 2.65. The van der Waals surface area contributed by atoms with Crippen LogP contribution >= 0.6 is 24.0 Å². The Labute approximate surface area is 180 Å². The van der Waals surface area contributed by atoms with Crippen molar-refractivity contribution >= 4 is 35.9 Å². The van der Waals surface area contributed by atoms with Gasteiger partial charge in [0.05, 0.1) is 18.1 Å². The second-order valence-corrected chi connectivity index (χ2v) is 6.43. The zero-order valence-electron chi connectivity index (χ0n) is 16.1. The molecule has 0 aliphatic carbocycles. The summed E-state index contributed by atoms with van der Waals surface area (Å²) < 4.78 is 42.8. The molecule has 2 rings (SSSR count). The fraction of sp³-hybridized carbons (Fsp3) is 0.579. The Morgan fingerprint density at radius 1 is 1.25 bits per heavy atom. The second-order valence-electron chi connectivity index (χ2n) is 6.43. The van der Waals surface area contributed by atoms with E-state index >= 15 is 0 Å². The van der Waals surface area contributed by atoms with Crippen LogP contribution in [0.25, 0.3) is 0 Å². The number of likely N-dealkylation sites (tertiary alicyclic amines) is 1. The van der Waals surface area contributed by atoms with Gasteiger partial charge in [-0.25, -0.2) is 0 Å². The van der Waals surface area contributed by atoms with Gasteiger partial charge in [-0.2, -0.15) is 13.2 Å². The van der Waals surface area contributed by atoms with Crippen molar-refractivity contribution in [2.24, 2.45) is 10.9 Å². The van der Waals surface area contributed by atoms with Crippen molar-refractivity contribution in [3.63, 3.8) is 0 Å². The minimum Gasteiger partial charge on any atom is -0.466 e. The lowest BCUT2D eigenvalue weighted by atomic mass is 9.97. The lowest BCUT2D eigenvalue weighted by Gasteiger charge is -2.33. The van der Waals surface area contributed by atoms with E-state index in [4.69, 9.17) is 4.74 Å². The molecule has 158 valence electrons. The summed E-state index contributed by atoms with van der Waals surface area (Å²) in [6.07, 6.45) is -2.28. The Kier molecular flexibility index (Phi) is 10.0. The molecular weight excluding hydrogens is 486 g/mol. The van der Waals surface area contributed by atoms with Crippen molar-refractivity contribution in [2.45, 2.75) is 32.4 Å². The van der Waals surface area contributed by atoms with Crippen molar-refractivity contribution in [3.8, 4) is 0 Å². The highest BCUT2D eigenvalue weighted by Gasteiger charge is 2.30. The van der Waals surface area contributed by atoms with Gasteiger partial charge < -0.3 is 15.0 Å². The van der Waals surface area contributed by atoms with E-state index in [1.54, 1.807) is 14.0 Å². The maximum Gasteiger partial charge on any atom is 0.416 e. The molecular formula is C19H27F3IN3O2. The molecule has 1 aromatic rings. The molecule has 0 atom stereocenters. The number of alkyl halides is 3. The van der Waals surface area contributed by atoms with Crippen LogP contribution in [-0.4, -0.2) is 50.1 Å². The first-order valence-corrected chi connectivity index (χ1v) is 9.13. The van der Waals surface area contributed by atoms with E-state index in [2.05, 4.69) is 15.2 Å². The standard InChI is InChI=1S/C19H26F3N3O2.HI/c1-3-27-17(26)15-9-12-25(13-10-15)18(23-2)24-11-8-14-4-6-16(7-5-14)19(20,21)22;/h4-7,15H,3,8-13H2,1-2H3,(H,23,24);1H. The molecule has 0 aromatic heterocycles. The first kappa shape index (κ1) is 24.5. The SMILES string of the molecule is CCOC(=O)C1CCN(C(=NC)NCCc2ccc(C(F)(F)F)cc2)CC1.I. The van der Waals surface area contributed by atoms with Crippen LogP contribution in [0.5, 0.6) is 0 Å². The van der Waals surface area contributed by atoms with E-state index in [0.29, 0.717) is 32.7 Å². The maximum absolute atomic E-state index is 12.6. The van der Waals surface area contributed by atoms with E-state index in [9.17, 15) is 18.0 Å². The topological polar surface area (TPSA) is 53.9 Å². The lowest BCUT2D eigenvalue weighted by molar-refractivity contribution is -0.149. The quantitative estimate of drug-likeness (QED) is 0.283. The molecule has 1 aliphatic rings. The molecule has 0 amide bonds. The molecule has 1 saturated heterocycles. The molecule has 5 nitrogen and oxygen atoms in total. The number of guanidine groups is 1. The minimum absolute atomic E-state index is 0. The van der Waals surface area contributed by atoms with Gasteiger partial charge in [-0.05, 0) is 43.9 Å². The third kappa shape index (κ3) is 7.14. The Morgan fingerprint density at radius 2 is 1.86 bits per heavy atom. The molecule has 0 unspecified atom stereocenters. The Balaban J connectivity index is 0.00000392. The van der Waals surface area contributed by atoms with Gasteiger partial charge in [0, 0.05) is 26.7 Å². The van der Waals surface area contributed by atoms with Gasteiger partial charge in [0.15, 0.2) is 5.96 Å². The molecule has 0 spiro atoms. The van der Waals surface area contributed by atoms with Gasteiger partial charge >= 0.3 is 12.1 Å². The third-order valence-electron chi connectivity index (χ3n) is 4.60. The number of ether oxygens (including phenoxy) is 1. The van der Waals surface area contributed by atoms with Crippen molar-refractivity contribution in [2.75, 3.05) is 33.3 Å². The number of halogens is 4. The van der Waals surface area contributed by atoms with Gasteiger partial charge in [-0.15, -0.1) is 24.0 Å². The molecule has 1 N–H and O–H groups in total. The zero-order chi connectivity index (χ0) is 19.9. The van der Waals surface area contributed by atoms with E-state index in [0.717, 1.165) is 36.5 Å². The van der Waals surface area contributed by atoms with Gasteiger partial charge in [-0.3, -0.25) is 9.79 Å². The molecule has 28 heavy (non-hydrogen) atoms. The van der Waals surface area contributed by atoms with Crippen LogP contribution in [0.1, 0.15) is 30.9 Å². The highest BCUT2D eigenvalue weighted by Crippen LogP contribution is 2.29. The number of hydrogen-bond donors (Lipinski definition) is 1. The lowest BCUT2D eigenvalue weighted by Crippen LogP contribution is -2.47. The number of nitrogens with zero attached hydrogens (tertiary/aromatic N) is 2. The summed E-state index contributed by atoms with van der Waals surface area (Å²) in [5, 5.41) is 3.24.